The molecule has 2 amide bonds. The van der Waals surface area contributed by atoms with Crippen LogP contribution in [0.2, 0.25) is 0 Å². The highest BCUT2D eigenvalue weighted by Crippen LogP contribution is 2.42. The molecule has 1 fully saturated rings. The number of aromatic amines is 1. The standard InChI is InChI=1S/C32H32FN3O9S2/c1-16(37)43-13-17-15-46-30-27(29(39)36(30)28(17)31(40)45-32(2,3)4)35-25(38)14-44-19-6-7-21-24(12-19)47(41,42)10-9-20-22-11-18(33)5-8-23(22)34-26(20)21/h5-8,11-12,27,30,34H,9-10,13-15H2,1-4H3,(H,35,38)/t27-,30?/m1/s1. The Morgan fingerprint density at radius 3 is 2.64 bits per heavy atom. The van der Waals surface area contributed by atoms with Gasteiger partial charge in [0.1, 0.15) is 40.9 Å². The molecule has 1 saturated heterocycles. The second-order valence-corrected chi connectivity index (χ2v) is 15.6. The quantitative estimate of drug-likeness (QED) is 0.279. The second-order valence-electron chi connectivity index (χ2n) is 12.4. The molecule has 2 atom stereocenters. The minimum absolute atomic E-state index is 0.00823. The third kappa shape index (κ3) is 6.33. The number of H-pyrrole nitrogens is 1. The summed E-state index contributed by atoms with van der Waals surface area (Å²) in [5, 5.41) is 2.65. The number of aromatic nitrogens is 1. The first-order valence-electron chi connectivity index (χ1n) is 14.8. The van der Waals surface area contributed by atoms with Crippen molar-refractivity contribution in [3.63, 3.8) is 0 Å². The van der Waals surface area contributed by atoms with Gasteiger partial charge in [-0.3, -0.25) is 19.3 Å². The molecule has 1 unspecified atom stereocenters. The van der Waals surface area contributed by atoms with E-state index in [1.807, 2.05) is 0 Å². The maximum Gasteiger partial charge on any atom is 0.355 e. The number of ether oxygens (including phenoxy) is 3. The monoisotopic (exact) mass is 685 g/mol. The molecule has 3 aliphatic heterocycles. The van der Waals surface area contributed by atoms with Crippen LogP contribution < -0.4 is 10.1 Å². The summed E-state index contributed by atoms with van der Waals surface area (Å²) in [6, 6.07) is 7.85. The highest BCUT2D eigenvalue weighted by atomic mass is 32.2. The number of halogens is 1. The van der Waals surface area contributed by atoms with Crippen molar-refractivity contribution in [2.24, 2.45) is 0 Å². The summed E-state index contributed by atoms with van der Waals surface area (Å²) in [5.74, 6) is -2.67. The molecule has 2 aromatic carbocycles. The zero-order chi connectivity index (χ0) is 33.8. The van der Waals surface area contributed by atoms with Gasteiger partial charge in [-0.2, -0.15) is 0 Å². The van der Waals surface area contributed by atoms with Crippen molar-refractivity contribution in [3.05, 3.63) is 59.0 Å². The number of benzene rings is 2. The summed E-state index contributed by atoms with van der Waals surface area (Å²) in [6.45, 7) is 5.61. The number of thioether (sulfide) groups is 1. The largest absolute Gasteiger partial charge is 0.484 e. The van der Waals surface area contributed by atoms with Crippen LogP contribution in [0.4, 0.5) is 4.39 Å². The summed E-state index contributed by atoms with van der Waals surface area (Å²) in [4.78, 5) is 55.1. The molecule has 0 saturated carbocycles. The van der Waals surface area contributed by atoms with Crippen LogP contribution in [0.5, 0.6) is 5.75 Å². The van der Waals surface area contributed by atoms with Gasteiger partial charge in [-0.15, -0.1) is 11.8 Å². The van der Waals surface area contributed by atoms with Crippen LogP contribution in [-0.4, -0.2) is 83.8 Å². The summed E-state index contributed by atoms with van der Waals surface area (Å²) in [7, 11) is -3.74. The molecule has 4 heterocycles. The first-order chi connectivity index (χ1) is 22.1. The third-order valence-electron chi connectivity index (χ3n) is 7.82. The summed E-state index contributed by atoms with van der Waals surface area (Å²) >= 11 is 1.30. The average molecular weight is 686 g/mol. The van der Waals surface area contributed by atoms with E-state index in [4.69, 9.17) is 14.2 Å². The fourth-order valence-corrected chi connectivity index (χ4v) is 8.60. The van der Waals surface area contributed by atoms with E-state index in [0.29, 0.717) is 33.3 Å². The van der Waals surface area contributed by atoms with Crippen molar-refractivity contribution < 1.29 is 46.2 Å². The Balaban J connectivity index is 1.16. The van der Waals surface area contributed by atoms with Gasteiger partial charge in [0.15, 0.2) is 16.4 Å². The molecule has 0 aliphatic carbocycles. The average Bonchev–Trinajstić information content (AvgIpc) is 3.31. The van der Waals surface area contributed by atoms with E-state index in [9.17, 15) is 32.0 Å². The van der Waals surface area contributed by atoms with Crippen molar-refractivity contribution in [3.8, 4) is 17.0 Å². The predicted molar refractivity (Wildman–Crippen MR) is 169 cm³/mol. The molecule has 0 radical (unpaired) electrons. The third-order valence-corrected chi connectivity index (χ3v) is 10.9. The van der Waals surface area contributed by atoms with Gasteiger partial charge < -0.3 is 24.5 Å². The molecule has 248 valence electrons. The minimum atomic E-state index is -3.74. The smallest absolute Gasteiger partial charge is 0.355 e. The van der Waals surface area contributed by atoms with Crippen molar-refractivity contribution in [2.45, 2.75) is 56.0 Å². The van der Waals surface area contributed by atoms with Gasteiger partial charge in [-0.25, -0.2) is 17.6 Å². The van der Waals surface area contributed by atoms with Crippen LogP contribution in [0, 0.1) is 5.82 Å². The molecule has 2 N–H and O–H groups in total. The maximum absolute atomic E-state index is 14.0. The van der Waals surface area contributed by atoms with Gasteiger partial charge in [0.25, 0.3) is 11.8 Å². The number of esters is 2. The normalized spacial score (nSPS) is 19.9. The lowest BCUT2D eigenvalue weighted by Crippen LogP contribution is -2.71. The molecule has 0 spiro atoms. The number of amides is 2. The number of hydrogen-bond donors (Lipinski definition) is 2. The summed E-state index contributed by atoms with van der Waals surface area (Å²) < 4.78 is 56.7. The Morgan fingerprint density at radius 2 is 1.91 bits per heavy atom. The number of sulfone groups is 1. The molecule has 47 heavy (non-hydrogen) atoms. The van der Waals surface area contributed by atoms with Crippen LogP contribution in [-0.2, 0) is 44.9 Å². The highest BCUT2D eigenvalue weighted by molar-refractivity contribution is 8.00. The van der Waals surface area contributed by atoms with Gasteiger partial charge in [0.05, 0.1) is 16.3 Å². The van der Waals surface area contributed by atoms with Gasteiger partial charge in [0.2, 0.25) is 0 Å². The van der Waals surface area contributed by atoms with E-state index in [2.05, 4.69) is 10.3 Å². The molecule has 12 nitrogen and oxygen atoms in total. The first kappa shape index (κ1) is 32.6. The van der Waals surface area contributed by atoms with E-state index < -0.39 is 63.0 Å². The van der Waals surface area contributed by atoms with Gasteiger partial charge >= 0.3 is 11.9 Å². The lowest BCUT2D eigenvalue weighted by molar-refractivity contribution is -0.159. The number of nitrogens with one attached hydrogen (secondary N) is 2. The van der Waals surface area contributed by atoms with E-state index in [-0.39, 0.29) is 40.9 Å². The molecule has 0 bridgehead atoms. The van der Waals surface area contributed by atoms with E-state index in [1.165, 1.54) is 41.8 Å². The zero-order valence-corrected chi connectivity index (χ0v) is 27.6. The Kier molecular flexibility index (Phi) is 8.32. The number of aryl methyl sites for hydroxylation is 1. The number of fused-ring (bicyclic) bond motifs is 6. The molecule has 3 aliphatic rings. The van der Waals surface area contributed by atoms with E-state index in [0.717, 1.165) is 0 Å². The topological polar surface area (TPSA) is 161 Å². The molecule has 3 aromatic rings. The Bertz CT molecular complexity index is 1980. The maximum atomic E-state index is 14.0. The van der Waals surface area contributed by atoms with Crippen LogP contribution in [0.25, 0.3) is 22.2 Å². The number of rotatable bonds is 7. The minimum Gasteiger partial charge on any atom is -0.484 e. The highest BCUT2D eigenvalue weighted by Gasteiger charge is 2.54. The summed E-state index contributed by atoms with van der Waals surface area (Å²) in [6.07, 6.45) is 0.191. The van der Waals surface area contributed by atoms with Crippen molar-refractivity contribution in [1.82, 2.24) is 15.2 Å². The summed E-state index contributed by atoms with van der Waals surface area (Å²) in [5.41, 5.74) is 1.96. The Morgan fingerprint density at radius 1 is 1.15 bits per heavy atom. The molecular weight excluding hydrogens is 653 g/mol. The Labute approximate surface area is 273 Å². The lowest BCUT2D eigenvalue weighted by Gasteiger charge is -2.49. The van der Waals surface area contributed by atoms with Crippen molar-refractivity contribution in [2.75, 3.05) is 24.7 Å². The second kappa shape index (κ2) is 12.0. The lowest BCUT2D eigenvalue weighted by atomic mass is 10.0. The fourth-order valence-electron chi connectivity index (χ4n) is 5.77. The van der Waals surface area contributed by atoms with Crippen LogP contribution in [0.3, 0.4) is 0 Å². The first-order valence-corrected chi connectivity index (χ1v) is 17.5. The number of carbonyl (C=O) groups is 4. The van der Waals surface area contributed by atoms with Gasteiger partial charge in [-0.1, -0.05) is 0 Å². The van der Waals surface area contributed by atoms with Crippen LogP contribution in [0.1, 0.15) is 33.3 Å². The number of nitrogens with zero attached hydrogens (tertiary/aromatic N) is 1. The van der Waals surface area contributed by atoms with Crippen LogP contribution in [0.15, 0.2) is 52.6 Å². The molecule has 15 heteroatoms. The van der Waals surface area contributed by atoms with Crippen LogP contribution >= 0.6 is 11.8 Å². The molecule has 6 rings (SSSR count). The van der Waals surface area contributed by atoms with E-state index in [1.54, 1.807) is 39.0 Å². The predicted octanol–water partition coefficient (Wildman–Crippen LogP) is 3.24. The van der Waals surface area contributed by atoms with Crippen molar-refractivity contribution in [1.29, 1.82) is 0 Å². The SMILES string of the molecule is CC(=O)OCC1=C(C(=O)OC(C)(C)C)N2C(=O)[C@@H](NC(=O)COc3ccc4c(c3)S(=O)(=O)CCc3c-4[nH]c4ccc(F)cc34)C2SC1. The Hall–Kier alpha value is -4.37. The molecule has 1 aromatic heterocycles. The number of carbonyl (C=O) groups excluding carboxylic acids is 4. The van der Waals surface area contributed by atoms with Crippen molar-refractivity contribution >= 4 is 56.3 Å². The number of hydrogen-bond acceptors (Lipinski definition) is 10. The zero-order valence-electron chi connectivity index (χ0n) is 26.0. The fraction of sp³-hybridized carbons (Fsp3) is 0.375. The van der Waals surface area contributed by atoms with Gasteiger partial charge in [-0.05, 0) is 69.2 Å². The number of β-lactam (4-membered cyclic amide) rings is 1. The van der Waals surface area contributed by atoms with Gasteiger partial charge in [0, 0.05) is 34.7 Å². The molecular formula is C32H32FN3O9S2. The van der Waals surface area contributed by atoms with E-state index >= 15 is 0 Å².